The highest BCUT2D eigenvalue weighted by Gasteiger charge is 2.11. The second-order valence-corrected chi connectivity index (χ2v) is 7.62. The fourth-order valence-corrected chi connectivity index (χ4v) is 2.76. The van der Waals surface area contributed by atoms with Gasteiger partial charge in [-0.05, 0) is 43.4 Å². The molecule has 128 valence electrons. The van der Waals surface area contributed by atoms with E-state index in [2.05, 4.69) is 36.3 Å². The molecule has 0 unspecified atom stereocenters. The molecule has 7 nitrogen and oxygen atoms in total. The maximum absolute atomic E-state index is 11.8. The van der Waals surface area contributed by atoms with Crippen LogP contribution in [0.15, 0.2) is 52.0 Å². The highest BCUT2D eigenvalue weighted by molar-refractivity contribution is 9.10. The van der Waals surface area contributed by atoms with Crippen LogP contribution < -0.4 is 15.4 Å². The molecule has 0 aliphatic heterocycles. The van der Waals surface area contributed by atoms with E-state index in [9.17, 15) is 13.2 Å². The summed E-state index contributed by atoms with van der Waals surface area (Å²) in [7, 11) is -2.16. The number of carbonyl (C=O) groups is 1. The third kappa shape index (κ3) is 5.29. The van der Waals surface area contributed by atoms with Gasteiger partial charge in [-0.25, -0.2) is 18.1 Å². The molecule has 1 aromatic heterocycles. The van der Waals surface area contributed by atoms with Crippen molar-refractivity contribution in [2.24, 2.45) is 0 Å². The van der Waals surface area contributed by atoms with Crippen LogP contribution in [0.25, 0.3) is 0 Å². The number of hydrogen-bond donors (Lipinski definition) is 3. The first-order valence-electron chi connectivity index (χ1n) is 7.09. The SMILES string of the molecule is CNS(=O)(=O)c1ccc(NCCC(=O)Nc2ccc(Br)cc2)nc1. The van der Waals surface area contributed by atoms with Crippen molar-refractivity contribution in [2.45, 2.75) is 11.3 Å². The standard InChI is InChI=1S/C15H17BrN4O3S/c1-17-24(22,23)13-6-7-14(19-10-13)18-9-8-15(21)20-12-4-2-11(16)3-5-12/h2-7,10,17H,8-9H2,1H3,(H,18,19)(H,20,21). The summed E-state index contributed by atoms with van der Waals surface area (Å²) in [4.78, 5) is 15.9. The molecular weight excluding hydrogens is 396 g/mol. The van der Waals surface area contributed by atoms with Crippen LogP contribution in [-0.2, 0) is 14.8 Å². The van der Waals surface area contributed by atoms with E-state index >= 15 is 0 Å². The van der Waals surface area contributed by atoms with Crippen molar-refractivity contribution < 1.29 is 13.2 Å². The number of carbonyl (C=O) groups excluding carboxylic acids is 1. The molecule has 0 aliphatic rings. The summed E-state index contributed by atoms with van der Waals surface area (Å²) >= 11 is 3.33. The summed E-state index contributed by atoms with van der Waals surface area (Å²) in [5.74, 6) is 0.376. The number of nitrogens with zero attached hydrogens (tertiary/aromatic N) is 1. The molecule has 0 saturated heterocycles. The maximum Gasteiger partial charge on any atom is 0.241 e. The molecule has 0 atom stereocenters. The molecule has 1 aromatic carbocycles. The molecule has 9 heteroatoms. The van der Waals surface area contributed by atoms with Gasteiger partial charge in [-0.2, -0.15) is 0 Å². The molecule has 2 rings (SSSR count). The number of benzene rings is 1. The van der Waals surface area contributed by atoms with E-state index in [0.717, 1.165) is 10.2 Å². The lowest BCUT2D eigenvalue weighted by atomic mass is 10.3. The smallest absolute Gasteiger partial charge is 0.241 e. The van der Waals surface area contributed by atoms with Gasteiger partial charge in [-0.1, -0.05) is 15.9 Å². The number of amides is 1. The van der Waals surface area contributed by atoms with E-state index in [1.807, 2.05) is 12.1 Å². The highest BCUT2D eigenvalue weighted by atomic mass is 79.9. The second-order valence-electron chi connectivity index (χ2n) is 4.82. The Morgan fingerprint density at radius 3 is 2.46 bits per heavy atom. The number of nitrogens with one attached hydrogen (secondary N) is 3. The Morgan fingerprint density at radius 1 is 1.17 bits per heavy atom. The Kier molecular flexibility index (Phi) is 6.29. The topological polar surface area (TPSA) is 100 Å². The zero-order valence-corrected chi connectivity index (χ0v) is 15.3. The third-order valence-corrected chi connectivity index (χ3v) is 5.03. The van der Waals surface area contributed by atoms with Crippen molar-refractivity contribution in [3.05, 3.63) is 47.1 Å². The number of sulfonamides is 1. The van der Waals surface area contributed by atoms with Crippen LogP contribution in [0, 0.1) is 0 Å². The minimum Gasteiger partial charge on any atom is -0.370 e. The summed E-state index contributed by atoms with van der Waals surface area (Å²) in [6, 6.07) is 10.3. The fraction of sp³-hybridized carbons (Fsp3) is 0.200. The fourth-order valence-electron chi connectivity index (χ4n) is 1.82. The molecule has 2 aromatic rings. The summed E-state index contributed by atoms with van der Waals surface area (Å²) < 4.78 is 26.3. The van der Waals surface area contributed by atoms with E-state index in [1.54, 1.807) is 18.2 Å². The Bertz CT molecular complexity index is 792. The molecule has 3 N–H and O–H groups in total. The predicted molar refractivity (Wildman–Crippen MR) is 96.4 cm³/mol. The Hall–Kier alpha value is -1.97. The van der Waals surface area contributed by atoms with Gasteiger partial charge in [0.25, 0.3) is 0 Å². The highest BCUT2D eigenvalue weighted by Crippen LogP contribution is 2.14. The number of anilines is 2. The number of rotatable bonds is 7. The summed E-state index contributed by atoms with van der Waals surface area (Å²) in [6.07, 6.45) is 1.52. The van der Waals surface area contributed by atoms with Gasteiger partial charge >= 0.3 is 0 Å². The predicted octanol–water partition coefficient (Wildman–Crippen LogP) is 2.19. The summed E-state index contributed by atoms with van der Waals surface area (Å²) in [5, 5.41) is 5.76. The van der Waals surface area contributed by atoms with Gasteiger partial charge in [0, 0.05) is 29.3 Å². The van der Waals surface area contributed by atoms with Crippen molar-refractivity contribution in [3.8, 4) is 0 Å². The number of halogens is 1. The van der Waals surface area contributed by atoms with Gasteiger partial charge in [0.1, 0.15) is 10.7 Å². The van der Waals surface area contributed by atoms with E-state index < -0.39 is 10.0 Å². The number of hydrogen-bond acceptors (Lipinski definition) is 5. The number of pyridine rings is 1. The van der Waals surface area contributed by atoms with Gasteiger partial charge in [0.2, 0.25) is 15.9 Å². The molecule has 0 radical (unpaired) electrons. The van der Waals surface area contributed by atoms with E-state index in [4.69, 9.17) is 0 Å². The van der Waals surface area contributed by atoms with Crippen molar-refractivity contribution in [2.75, 3.05) is 24.2 Å². The monoisotopic (exact) mass is 412 g/mol. The minimum absolute atomic E-state index is 0.0866. The Balaban J connectivity index is 1.81. The zero-order valence-electron chi connectivity index (χ0n) is 12.9. The second kappa shape index (κ2) is 8.22. The van der Waals surface area contributed by atoms with Gasteiger partial charge < -0.3 is 10.6 Å². The molecule has 0 fully saturated rings. The molecule has 1 amide bonds. The molecular formula is C15H17BrN4O3S. The largest absolute Gasteiger partial charge is 0.370 e. The van der Waals surface area contributed by atoms with Crippen LogP contribution in [0.3, 0.4) is 0 Å². The van der Waals surface area contributed by atoms with Crippen molar-refractivity contribution in [1.29, 1.82) is 0 Å². The van der Waals surface area contributed by atoms with Crippen LogP contribution in [0.1, 0.15) is 6.42 Å². The average molecular weight is 413 g/mol. The molecule has 0 spiro atoms. The lowest BCUT2D eigenvalue weighted by Crippen LogP contribution is -2.19. The van der Waals surface area contributed by atoms with Crippen LogP contribution in [0.5, 0.6) is 0 Å². The molecule has 0 aliphatic carbocycles. The van der Waals surface area contributed by atoms with E-state index in [0.29, 0.717) is 12.4 Å². The first-order chi connectivity index (χ1) is 11.4. The third-order valence-electron chi connectivity index (χ3n) is 3.10. The lowest BCUT2D eigenvalue weighted by Gasteiger charge is -2.08. The lowest BCUT2D eigenvalue weighted by molar-refractivity contribution is -0.115. The first kappa shape index (κ1) is 18.4. The summed E-state index contributed by atoms with van der Waals surface area (Å²) in [6.45, 7) is 0.382. The van der Waals surface area contributed by atoms with Gasteiger partial charge in [-0.15, -0.1) is 0 Å². The Morgan fingerprint density at radius 2 is 1.88 bits per heavy atom. The first-order valence-corrected chi connectivity index (χ1v) is 9.37. The number of aromatic nitrogens is 1. The van der Waals surface area contributed by atoms with Gasteiger partial charge in [-0.3, -0.25) is 4.79 Å². The molecule has 0 saturated carbocycles. The van der Waals surface area contributed by atoms with Crippen molar-refractivity contribution in [3.63, 3.8) is 0 Å². The van der Waals surface area contributed by atoms with E-state index in [1.165, 1.54) is 19.3 Å². The van der Waals surface area contributed by atoms with Crippen molar-refractivity contribution >= 4 is 43.4 Å². The van der Waals surface area contributed by atoms with E-state index in [-0.39, 0.29) is 17.2 Å². The maximum atomic E-state index is 11.8. The summed E-state index contributed by atoms with van der Waals surface area (Å²) in [5.41, 5.74) is 0.725. The quantitative estimate of drug-likeness (QED) is 0.646. The molecule has 24 heavy (non-hydrogen) atoms. The molecule has 0 bridgehead atoms. The van der Waals surface area contributed by atoms with Gasteiger partial charge in [0.05, 0.1) is 0 Å². The molecule has 1 heterocycles. The van der Waals surface area contributed by atoms with Crippen LogP contribution in [0.4, 0.5) is 11.5 Å². The minimum atomic E-state index is -3.49. The zero-order chi connectivity index (χ0) is 17.6. The van der Waals surface area contributed by atoms with Crippen LogP contribution in [-0.4, -0.2) is 32.9 Å². The van der Waals surface area contributed by atoms with Crippen molar-refractivity contribution in [1.82, 2.24) is 9.71 Å². The Labute approximate surface area is 149 Å². The van der Waals surface area contributed by atoms with Crippen LogP contribution >= 0.6 is 15.9 Å². The normalized spacial score (nSPS) is 11.1. The van der Waals surface area contributed by atoms with Crippen LogP contribution in [0.2, 0.25) is 0 Å². The average Bonchev–Trinajstić information content (AvgIpc) is 2.57. The van der Waals surface area contributed by atoms with Gasteiger partial charge in [0.15, 0.2) is 0 Å².